The Balaban J connectivity index is 2.37. The van der Waals surface area contributed by atoms with Gasteiger partial charge < -0.3 is 9.80 Å². The van der Waals surface area contributed by atoms with E-state index in [1.54, 1.807) is 4.90 Å². The van der Waals surface area contributed by atoms with Crippen LogP contribution >= 0.6 is 0 Å². The Morgan fingerprint density at radius 2 is 2.12 bits per heavy atom. The number of carbonyl (C=O) groups excluding carboxylic acids is 1. The molecule has 6 nitrogen and oxygen atoms in total. The minimum atomic E-state index is -3.48. The van der Waals surface area contributed by atoms with E-state index in [4.69, 9.17) is 5.14 Å². The summed E-state index contributed by atoms with van der Waals surface area (Å²) < 4.78 is 21.9. The smallest absolute Gasteiger partial charge is 0.222 e. The lowest BCUT2D eigenvalue weighted by Crippen LogP contribution is -2.30. The van der Waals surface area contributed by atoms with Crippen molar-refractivity contribution >= 4 is 15.9 Å². The molecule has 0 aromatic carbocycles. The van der Waals surface area contributed by atoms with Crippen LogP contribution in [0.4, 0.5) is 0 Å². The van der Waals surface area contributed by atoms with Gasteiger partial charge in [-0.3, -0.25) is 4.79 Å². The highest BCUT2D eigenvalue weighted by molar-refractivity contribution is 7.89. The molecule has 1 fully saturated rings. The lowest BCUT2D eigenvalue weighted by atomic mass is 10.1. The van der Waals surface area contributed by atoms with Crippen molar-refractivity contribution in [3.8, 4) is 0 Å². The predicted molar refractivity (Wildman–Crippen MR) is 65.8 cm³/mol. The van der Waals surface area contributed by atoms with Gasteiger partial charge in [-0.1, -0.05) is 0 Å². The molecule has 1 heterocycles. The lowest BCUT2D eigenvalue weighted by Gasteiger charge is -2.17. The minimum Gasteiger partial charge on any atom is -0.342 e. The molecule has 0 saturated carbocycles. The van der Waals surface area contributed by atoms with E-state index in [1.165, 1.54) is 0 Å². The van der Waals surface area contributed by atoms with Gasteiger partial charge >= 0.3 is 0 Å². The topological polar surface area (TPSA) is 83.7 Å². The van der Waals surface area contributed by atoms with E-state index in [1.807, 2.05) is 14.1 Å². The lowest BCUT2D eigenvalue weighted by molar-refractivity contribution is -0.127. The zero-order chi connectivity index (χ0) is 13.1. The minimum absolute atomic E-state index is 0.0393. The van der Waals surface area contributed by atoms with Gasteiger partial charge in [0.2, 0.25) is 15.9 Å². The van der Waals surface area contributed by atoms with Crippen molar-refractivity contribution in [2.45, 2.75) is 12.8 Å². The molecule has 0 aliphatic carbocycles. The molecule has 1 saturated heterocycles. The summed E-state index contributed by atoms with van der Waals surface area (Å²) in [5.74, 6) is -0.197. The summed E-state index contributed by atoms with van der Waals surface area (Å²) in [6.45, 7) is 2.13. The monoisotopic (exact) mass is 263 g/mol. The zero-order valence-electron chi connectivity index (χ0n) is 10.4. The van der Waals surface area contributed by atoms with Gasteiger partial charge in [0.1, 0.15) is 0 Å². The predicted octanol–water partition coefficient (Wildman–Crippen LogP) is -0.925. The van der Waals surface area contributed by atoms with E-state index in [-0.39, 0.29) is 17.6 Å². The van der Waals surface area contributed by atoms with Gasteiger partial charge in [-0.25, -0.2) is 13.6 Å². The number of carbonyl (C=O) groups is 1. The number of primary sulfonamides is 1. The maximum atomic E-state index is 11.6. The van der Waals surface area contributed by atoms with Crippen LogP contribution in [-0.2, 0) is 14.8 Å². The second kappa shape index (κ2) is 5.79. The fourth-order valence-corrected chi connectivity index (χ4v) is 2.97. The molecule has 7 heteroatoms. The molecule has 1 aliphatic heterocycles. The second-order valence-corrected chi connectivity index (χ2v) is 6.56. The summed E-state index contributed by atoms with van der Waals surface area (Å²) >= 11 is 0. The molecule has 0 radical (unpaired) electrons. The summed E-state index contributed by atoms with van der Waals surface area (Å²) in [4.78, 5) is 15.4. The van der Waals surface area contributed by atoms with Crippen molar-refractivity contribution in [1.82, 2.24) is 9.80 Å². The average Bonchev–Trinajstić information content (AvgIpc) is 2.42. The quantitative estimate of drug-likeness (QED) is 0.671. The van der Waals surface area contributed by atoms with Crippen LogP contribution in [0.5, 0.6) is 0 Å². The van der Waals surface area contributed by atoms with Gasteiger partial charge in [0.15, 0.2) is 0 Å². The van der Waals surface area contributed by atoms with Gasteiger partial charge in [-0.05, 0) is 27.1 Å². The van der Waals surface area contributed by atoms with E-state index in [0.29, 0.717) is 19.5 Å². The van der Waals surface area contributed by atoms with Crippen LogP contribution in [-0.4, -0.2) is 63.6 Å². The third-order valence-electron chi connectivity index (χ3n) is 2.80. The number of nitrogens with zero attached hydrogens (tertiary/aromatic N) is 2. The first-order chi connectivity index (χ1) is 7.78. The molecule has 1 rings (SSSR count). The SMILES string of the molecule is CN(C)CCCN1CC(CS(N)(=O)=O)CC1=O. The Morgan fingerprint density at radius 3 is 2.65 bits per heavy atom. The molecule has 1 atom stereocenters. The summed E-state index contributed by atoms with van der Waals surface area (Å²) in [5, 5.41) is 4.98. The number of nitrogens with two attached hydrogens (primary N) is 1. The van der Waals surface area contributed by atoms with Gasteiger partial charge in [0.25, 0.3) is 0 Å². The first-order valence-corrected chi connectivity index (χ1v) is 7.42. The fraction of sp³-hybridized carbons (Fsp3) is 0.900. The van der Waals surface area contributed by atoms with Gasteiger partial charge in [-0.2, -0.15) is 0 Å². The number of hydrogen-bond acceptors (Lipinski definition) is 4. The molecule has 0 aromatic heterocycles. The van der Waals surface area contributed by atoms with Crippen LogP contribution in [0.3, 0.4) is 0 Å². The Bertz CT molecular complexity index is 367. The van der Waals surface area contributed by atoms with Crippen molar-refractivity contribution in [2.24, 2.45) is 11.1 Å². The van der Waals surface area contributed by atoms with Crippen LogP contribution in [0.25, 0.3) is 0 Å². The number of rotatable bonds is 6. The van der Waals surface area contributed by atoms with Crippen LogP contribution in [0.15, 0.2) is 0 Å². The molecule has 0 bridgehead atoms. The Labute approximate surface area is 103 Å². The molecular weight excluding hydrogens is 242 g/mol. The maximum Gasteiger partial charge on any atom is 0.222 e. The van der Waals surface area contributed by atoms with E-state index in [9.17, 15) is 13.2 Å². The van der Waals surface area contributed by atoms with E-state index in [2.05, 4.69) is 4.90 Å². The molecule has 0 spiro atoms. The van der Waals surface area contributed by atoms with Gasteiger partial charge in [-0.15, -0.1) is 0 Å². The number of hydrogen-bond donors (Lipinski definition) is 1. The zero-order valence-corrected chi connectivity index (χ0v) is 11.2. The summed E-state index contributed by atoms with van der Waals surface area (Å²) in [7, 11) is 0.488. The van der Waals surface area contributed by atoms with Crippen molar-refractivity contribution in [3.63, 3.8) is 0 Å². The van der Waals surface area contributed by atoms with Crippen LogP contribution in [0.2, 0.25) is 0 Å². The molecule has 100 valence electrons. The van der Waals surface area contributed by atoms with Gasteiger partial charge in [0.05, 0.1) is 5.75 Å². The second-order valence-electron chi connectivity index (χ2n) is 4.90. The Kier molecular flexibility index (Phi) is 4.91. The largest absolute Gasteiger partial charge is 0.342 e. The highest BCUT2D eigenvalue weighted by Crippen LogP contribution is 2.18. The van der Waals surface area contributed by atoms with Crippen LogP contribution in [0.1, 0.15) is 12.8 Å². The van der Waals surface area contributed by atoms with Crippen molar-refractivity contribution in [2.75, 3.05) is 39.5 Å². The maximum absolute atomic E-state index is 11.6. The molecule has 2 N–H and O–H groups in total. The molecule has 1 amide bonds. The van der Waals surface area contributed by atoms with E-state index < -0.39 is 10.0 Å². The summed E-state index contributed by atoms with van der Waals surface area (Å²) in [6.07, 6.45) is 1.21. The molecular formula is C10H21N3O3S. The average molecular weight is 263 g/mol. The normalized spacial score (nSPS) is 21.5. The fourth-order valence-electron chi connectivity index (χ4n) is 2.09. The molecule has 0 aromatic rings. The highest BCUT2D eigenvalue weighted by atomic mass is 32.2. The molecule has 1 unspecified atom stereocenters. The molecule has 17 heavy (non-hydrogen) atoms. The highest BCUT2D eigenvalue weighted by Gasteiger charge is 2.31. The Hall–Kier alpha value is -0.660. The van der Waals surface area contributed by atoms with Gasteiger partial charge in [0, 0.05) is 25.4 Å². The number of likely N-dealkylation sites (tertiary alicyclic amines) is 1. The van der Waals surface area contributed by atoms with Crippen LogP contribution < -0.4 is 5.14 Å². The van der Waals surface area contributed by atoms with Crippen molar-refractivity contribution < 1.29 is 13.2 Å². The first kappa shape index (κ1) is 14.4. The van der Waals surface area contributed by atoms with Crippen molar-refractivity contribution in [3.05, 3.63) is 0 Å². The summed E-state index contributed by atoms with van der Waals surface area (Å²) in [6, 6.07) is 0. The van der Waals surface area contributed by atoms with Crippen LogP contribution in [0, 0.1) is 5.92 Å². The third kappa shape index (κ3) is 5.47. The van der Waals surface area contributed by atoms with E-state index >= 15 is 0 Å². The number of sulfonamides is 1. The number of amides is 1. The van der Waals surface area contributed by atoms with Crippen molar-refractivity contribution in [1.29, 1.82) is 0 Å². The first-order valence-electron chi connectivity index (χ1n) is 5.71. The van der Waals surface area contributed by atoms with E-state index in [0.717, 1.165) is 13.0 Å². The Morgan fingerprint density at radius 1 is 1.47 bits per heavy atom. The molecule has 1 aliphatic rings. The third-order valence-corrected chi connectivity index (χ3v) is 3.73. The standard InChI is InChI=1S/C10H21N3O3S/c1-12(2)4-3-5-13-7-9(6-10(13)14)8-17(11,15)16/h9H,3-8H2,1-2H3,(H2,11,15,16). The summed E-state index contributed by atoms with van der Waals surface area (Å²) in [5.41, 5.74) is 0.